The van der Waals surface area contributed by atoms with Gasteiger partial charge in [-0.1, -0.05) is 18.2 Å². The number of carbonyl (C=O) groups excluding carboxylic acids is 1. The van der Waals surface area contributed by atoms with E-state index >= 15 is 0 Å². The number of rotatable bonds is 4. The van der Waals surface area contributed by atoms with E-state index in [1.807, 2.05) is 38.1 Å². The number of morpholine rings is 1. The van der Waals surface area contributed by atoms with Crippen LogP contribution in [0.15, 0.2) is 24.3 Å². The molecule has 2 atom stereocenters. The van der Waals surface area contributed by atoms with Gasteiger partial charge in [0.15, 0.2) is 0 Å². The topological polar surface area (TPSA) is 51.7 Å². The van der Waals surface area contributed by atoms with E-state index in [-0.39, 0.29) is 18.2 Å². The van der Waals surface area contributed by atoms with Crippen molar-refractivity contribution < 1.29 is 14.3 Å². The molecule has 1 aliphatic heterocycles. The third-order valence-corrected chi connectivity index (χ3v) is 4.58. The van der Waals surface area contributed by atoms with Crippen molar-refractivity contribution in [3.05, 3.63) is 41.1 Å². The second-order valence-electron chi connectivity index (χ2n) is 6.75. The van der Waals surface area contributed by atoms with E-state index in [1.54, 1.807) is 0 Å². The molecule has 0 saturated carbocycles. The first-order valence-electron chi connectivity index (χ1n) is 8.92. The molecule has 134 valence electrons. The second-order valence-corrected chi connectivity index (χ2v) is 6.75. The summed E-state index contributed by atoms with van der Waals surface area (Å²) in [5, 5.41) is 0.998. The summed E-state index contributed by atoms with van der Waals surface area (Å²) < 4.78 is 11.1. The Bertz CT molecular complexity index is 765. The van der Waals surface area contributed by atoms with Crippen molar-refractivity contribution in [2.45, 2.75) is 46.4 Å². The van der Waals surface area contributed by atoms with Gasteiger partial charge in [0.1, 0.15) is 0 Å². The summed E-state index contributed by atoms with van der Waals surface area (Å²) in [4.78, 5) is 19.7. The summed E-state index contributed by atoms with van der Waals surface area (Å²) in [5.41, 5.74) is 3.24. The molecule has 0 bridgehead atoms. The van der Waals surface area contributed by atoms with Gasteiger partial charge < -0.3 is 9.47 Å². The Morgan fingerprint density at radius 3 is 2.64 bits per heavy atom. The van der Waals surface area contributed by atoms with Crippen molar-refractivity contribution in [3.63, 3.8) is 0 Å². The van der Waals surface area contributed by atoms with Gasteiger partial charge in [-0.25, -0.2) is 4.79 Å². The molecule has 5 nitrogen and oxygen atoms in total. The van der Waals surface area contributed by atoms with Crippen LogP contribution in [0.25, 0.3) is 10.9 Å². The van der Waals surface area contributed by atoms with Crippen molar-refractivity contribution in [1.29, 1.82) is 0 Å². The predicted octanol–water partition coefficient (Wildman–Crippen LogP) is 3.33. The standard InChI is InChI=1S/C20H26N2O3/c1-5-24-20(23)19-15(4)16-8-6-7-9-17(16)21-18(19)12-22-10-13(2)25-14(3)11-22/h6-9,13-14H,5,10-12H2,1-4H3/t13-,14-/m0/s1. The first kappa shape index (κ1) is 17.8. The fourth-order valence-corrected chi connectivity index (χ4v) is 3.65. The van der Waals surface area contributed by atoms with Crippen molar-refractivity contribution in [2.24, 2.45) is 0 Å². The molecule has 1 fully saturated rings. The predicted molar refractivity (Wildman–Crippen MR) is 97.7 cm³/mol. The molecule has 5 heteroatoms. The highest BCUT2D eigenvalue weighted by molar-refractivity contribution is 5.98. The van der Waals surface area contributed by atoms with E-state index < -0.39 is 0 Å². The Balaban J connectivity index is 2.02. The van der Waals surface area contributed by atoms with Crippen molar-refractivity contribution in [2.75, 3.05) is 19.7 Å². The quantitative estimate of drug-likeness (QED) is 0.798. The molecule has 0 amide bonds. The summed E-state index contributed by atoms with van der Waals surface area (Å²) >= 11 is 0. The lowest BCUT2D eigenvalue weighted by molar-refractivity contribution is -0.0708. The molecule has 0 aliphatic carbocycles. The van der Waals surface area contributed by atoms with Crippen LogP contribution >= 0.6 is 0 Å². The number of pyridine rings is 1. The number of carbonyl (C=O) groups is 1. The van der Waals surface area contributed by atoms with Gasteiger partial charge in [-0.05, 0) is 39.3 Å². The van der Waals surface area contributed by atoms with Crippen LogP contribution in [0.2, 0.25) is 0 Å². The monoisotopic (exact) mass is 342 g/mol. The number of aromatic nitrogens is 1. The second kappa shape index (κ2) is 7.50. The van der Waals surface area contributed by atoms with Gasteiger partial charge in [-0.2, -0.15) is 0 Å². The van der Waals surface area contributed by atoms with Crippen LogP contribution in [0.5, 0.6) is 0 Å². The zero-order valence-electron chi connectivity index (χ0n) is 15.4. The van der Waals surface area contributed by atoms with Crippen LogP contribution in [-0.4, -0.2) is 47.8 Å². The maximum Gasteiger partial charge on any atom is 0.340 e. The van der Waals surface area contributed by atoms with Gasteiger partial charge >= 0.3 is 5.97 Å². The van der Waals surface area contributed by atoms with E-state index in [4.69, 9.17) is 14.5 Å². The van der Waals surface area contributed by atoms with Crippen LogP contribution in [0.4, 0.5) is 0 Å². The van der Waals surface area contributed by atoms with E-state index in [2.05, 4.69) is 18.7 Å². The fraction of sp³-hybridized carbons (Fsp3) is 0.500. The molecular formula is C20H26N2O3. The highest BCUT2D eigenvalue weighted by atomic mass is 16.5. The Morgan fingerprint density at radius 2 is 1.96 bits per heavy atom. The number of hydrogen-bond donors (Lipinski definition) is 0. The van der Waals surface area contributed by atoms with Crippen LogP contribution in [0.1, 0.15) is 42.4 Å². The number of nitrogens with zero attached hydrogens (tertiary/aromatic N) is 2. The first-order chi connectivity index (χ1) is 12.0. The average molecular weight is 342 g/mol. The maximum absolute atomic E-state index is 12.6. The third kappa shape index (κ3) is 3.83. The Morgan fingerprint density at radius 1 is 1.28 bits per heavy atom. The Hall–Kier alpha value is -1.98. The molecule has 1 aromatic heterocycles. The zero-order chi connectivity index (χ0) is 18.0. The molecule has 1 aliphatic rings. The average Bonchev–Trinajstić information content (AvgIpc) is 2.54. The molecule has 0 N–H and O–H groups in total. The summed E-state index contributed by atoms with van der Waals surface area (Å²) in [6.07, 6.45) is 0.354. The Labute approximate surface area is 148 Å². The van der Waals surface area contributed by atoms with Crippen LogP contribution < -0.4 is 0 Å². The summed E-state index contributed by atoms with van der Waals surface area (Å²) in [6, 6.07) is 7.94. The molecule has 25 heavy (non-hydrogen) atoms. The van der Waals surface area contributed by atoms with Crippen LogP contribution in [0, 0.1) is 6.92 Å². The highest BCUT2D eigenvalue weighted by Crippen LogP contribution is 2.25. The molecule has 3 rings (SSSR count). The molecular weight excluding hydrogens is 316 g/mol. The molecule has 2 aromatic rings. The van der Waals surface area contributed by atoms with Crippen LogP contribution in [-0.2, 0) is 16.0 Å². The van der Waals surface area contributed by atoms with Gasteiger partial charge in [-0.15, -0.1) is 0 Å². The molecule has 0 unspecified atom stereocenters. The number of aryl methyl sites for hydroxylation is 1. The maximum atomic E-state index is 12.6. The third-order valence-electron chi connectivity index (χ3n) is 4.58. The smallest absolute Gasteiger partial charge is 0.340 e. The van der Waals surface area contributed by atoms with E-state index in [0.29, 0.717) is 18.7 Å². The summed E-state index contributed by atoms with van der Waals surface area (Å²) in [7, 11) is 0. The van der Waals surface area contributed by atoms with Gasteiger partial charge in [0, 0.05) is 25.0 Å². The SMILES string of the molecule is CCOC(=O)c1c(CN2C[C@H](C)O[C@@H](C)C2)nc2ccccc2c1C. The summed E-state index contributed by atoms with van der Waals surface area (Å²) in [6.45, 7) is 10.6. The molecule has 0 radical (unpaired) electrons. The zero-order valence-corrected chi connectivity index (χ0v) is 15.4. The lowest BCUT2D eigenvalue weighted by Gasteiger charge is -2.35. The molecule has 1 aromatic carbocycles. The van der Waals surface area contributed by atoms with Gasteiger partial charge in [0.2, 0.25) is 0 Å². The minimum Gasteiger partial charge on any atom is -0.462 e. The highest BCUT2D eigenvalue weighted by Gasteiger charge is 2.26. The lowest BCUT2D eigenvalue weighted by Crippen LogP contribution is -2.45. The number of benzene rings is 1. The number of hydrogen-bond acceptors (Lipinski definition) is 5. The minimum atomic E-state index is -0.289. The number of para-hydroxylation sites is 1. The van der Waals surface area contributed by atoms with Crippen molar-refractivity contribution in [3.8, 4) is 0 Å². The number of esters is 1. The van der Waals surface area contributed by atoms with E-state index in [1.165, 1.54) is 0 Å². The van der Waals surface area contributed by atoms with Crippen LogP contribution in [0.3, 0.4) is 0 Å². The lowest BCUT2D eigenvalue weighted by atomic mass is 10.0. The van der Waals surface area contributed by atoms with Gasteiger partial charge in [0.25, 0.3) is 0 Å². The van der Waals surface area contributed by atoms with Crippen molar-refractivity contribution >= 4 is 16.9 Å². The first-order valence-corrected chi connectivity index (χ1v) is 8.92. The number of fused-ring (bicyclic) bond motifs is 1. The normalized spacial score (nSPS) is 21.4. The van der Waals surface area contributed by atoms with Gasteiger partial charge in [0.05, 0.1) is 35.6 Å². The largest absolute Gasteiger partial charge is 0.462 e. The van der Waals surface area contributed by atoms with Crippen molar-refractivity contribution in [1.82, 2.24) is 9.88 Å². The minimum absolute atomic E-state index is 0.177. The molecule has 1 saturated heterocycles. The molecule has 0 spiro atoms. The van der Waals surface area contributed by atoms with Gasteiger partial charge in [-0.3, -0.25) is 9.88 Å². The summed E-state index contributed by atoms with van der Waals surface area (Å²) in [5.74, 6) is -0.289. The van der Waals surface area contributed by atoms with E-state index in [9.17, 15) is 4.79 Å². The van der Waals surface area contributed by atoms with E-state index in [0.717, 1.165) is 35.2 Å². The Kier molecular flexibility index (Phi) is 5.35. The fourth-order valence-electron chi connectivity index (χ4n) is 3.65. The molecule has 2 heterocycles. The number of ether oxygens (including phenoxy) is 2.